The number of alkyl halides is 3. The molecule has 2 aromatic carbocycles. The molecule has 0 saturated carbocycles. The number of halogens is 4. The molecule has 0 aliphatic rings. The van der Waals surface area contributed by atoms with Gasteiger partial charge < -0.3 is 15.4 Å². The van der Waals surface area contributed by atoms with Crippen LogP contribution in [0.3, 0.4) is 0 Å². The van der Waals surface area contributed by atoms with E-state index in [1.54, 1.807) is 0 Å². The van der Waals surface area contributed by atoms with Crippen LogP contribution in [0.2, 0.25) is 0 Å². The quantitative estimate of drug-likeness (QED) is 0.475. The first kappa shape index (κ1) is 24.8. The Balaban J connectivity index is 2.21. The summed E-state index contributed by atoms with van der Waals surface area (Å²) in [6, 6.07) is 7.25. The van der Waals surface area contributed by atoms with Crippen LogP contribution in [0.15, 0.2) is 48.5 Å². The monoisotopic (exact) mass is 454 g/mol. The van der Waals surface area contributed by atoms with E-state index >= 15 is 0 Å². The van der Waals surface area contributed by atoms with Crippen LogP contribution in [-0.2, 0) is 38.1 Å². The Hall–Kier alpha value is -3.43. The number of nitrogens with one attached hydrogen (secondary N) is 2. The minimum absolute atomic E-state index is 0.00312. The molecule has 0 aliphatic heterocycles. The molecule has 0 aliphatic carbocycles. The summed E-state index contributed by atoms with van der Waals surface area (Å²) < 4.78 is 56.7. The maximum Gasteiger partial charge on any atom is 0.416 e. The average molecular weight is 454 g/mol. The molecular weight excluding hydrogens is 432 g/mol. The predicted molar refractivity (Wildman–Crippen MR) is 107 cm³/mol. The van der Waals surface area contributed by atoms with E-state index in [4.69, 9.17) is 0 Å². The molecule has 32 heavy (non-hydrogen) atoms. The highest BCUT2D eigenvalue weighted by molar-refractivity contribution is 5.90. The van der Waals surface area contributed by atoms with Crippen molar-refractivity contribution in [3.8, 4) is 0 Å². The third-order valence-corrected chi connectivity index (χ3v) is 4.54. The number of benzene rings is 2. The number of ether oxygens (including phenoxy) is 1. The van der Waals surface area contributed by atoms with Gasteiger partial charge in [0, 0.05) is 19.8 Å². The molecule has 0 heterocycles. The van der Waals surface area contributed by atoms with Crippen LogP contribution < -0.4 is 10.6 Å². The number of rotatable bonds is 8. The standard InChI is InChI=1S/C22H22F4N2O4/c1-13(29)27-18(11-14-6-8-17(23)9-7-14)20(30)28-19(21(31)32-2)12-15-4-3-5-16(10-15)22(24,25)26/h3-10,18-19H,11-12H2,1-2H3,(H,27,29)(H,28,30)/t18-,19-/m0/s1. The van der Waals surface area contributed by atoms with Crippen molar-refractivity contribution >= 4 is 17.8 Å². The smallest absolute Gasteiger partial charge is 0.416 e. The summed E-state index contributed by atoms with van der Waals surface area (Å²) in [7, 11) is 1.08. The van der Waals surface area contributed by atoms with Gasteiger partial charge in [-0.25, -0.2) is 9.18 Å². The van der Waals surface area contributed by atoms with Crippen molar-refractivity contribution in [3.05, 3.63) is 71.0 Å². The second-order valence-corrected chi connectivity index (χ2v) is 7.07. The number of hydrogen-bond donors (Lipinski definition) is 2. The zero-order valence-corrected chi connectivity index (χ0v) is 17.3. The second-order valence-electron chi connectivity index (χ2n) is 7.07. The first-order valence-electron chi connectivity index (χ1n) is 9.55. The fourth-order valence-corrected chi connectivity index (χ4v) is 3.03. The predicted octanol–water partition coefficient (Wildman–Crippen LogP) is 2.79. The van der Waals surface area contributed by atoms with Crippen LogP contribution in [0.4, 0.5) is 17.6 Å². The van der Waals surface area contributed by atoms with E-state index in [0.29, 0.717) is 5.56 Å². The molecule has 0 aromatic heterocycles. The molecule has 0 spiro atoms. The number of amides is 2. The molecule has 2 amide bonds. The highest BCUT2D eigenvalue weighted by Gasteiger charge is 2.31. The Morgan fingerprint density at radius 2 is 1.56 bits per heavy atom. The number of hydrogen-bond acceptors (Lipinski definition) is 4. The lowest BCUT2D eigenvalue weighted by Gasteiger charge is -2.22. The summed E-state index contributed by atoms with van der Waals surface area (Å²) in [5.74, 6) is -2.59. The van der Waals surface area contributed by atoms with Crippen LogP contribution in [0.25, 0.3) is 0 Å². The largest absolute Gasteiger partial charge is 0.467 e. The van der Waals surface area contributed by atoms with Crippen LogP contribution >= 0.6 is 0 Å². The minimum Gasteiger partial charge on any atom is -0.467 e. The van der Waals surface area contributed by atoms with E-state index in [1.165, 1.54) is 43.3 Å². The highest BCUT2D eigenvalue weighted by atomic mass is 19.4. The van der Waals surface area contributed by atoms with Crippen LogP contribution in [0.5, 0.6) is 0 Å². The van der Waals surface area contributed by atoms with E-state index in [-0.39, 0.29) is 18.4 Å². The molecule has 6 nitrogen and oxygen atoms in total. The molecule has 10 heteroatoms. The summed E-state index contributed by atoms with van der Waals surface area (Å²) in [6.45, 7) is 1.20. The molecule has 2 N–H and O–H groups in total. The van der Waals surface area contributed by atoms with Gasteiger partial charge in [-0.15, -0.1) is 0 Å². The van der Waals surface area contributed by atoms with Crippen molar-refractivity contribution in [3.63, 3.8) is 0 Å². The van der Waals surface area contributed by atoms with Gasteiger partial charge >= 0.3 is 12.1 Å². The number of carbonyl (C=O) groups excluding carboxylic acids is 3. The summed E-state index contributed by atoms with van der Waals surface area (Å²) in [4.78, 5) is 36.5. The molecule has 2 atom stereocenters. The van der Waals surface area contributed by atoms with Crippen molar-refractivity contribution in [1.29, 1.82) is 0 Å². The highest BCUT2D eigenvalue weighted by Crippen LogP contribution is 2.29. The van der Waals surface area contributed by atoms with Gasteiger partial charge in [-0.2, -0.15) is 13.2 Å². The molecule has 0 bridgehead atoms. The maximum atomic E-state index is 13.1. The van der Waals surface area contributed by atoms with E-state index < -0.39 is 47.4 Å². The van der Waals surface area contributed by atoms with Gasteiger partial charge in [0.15, 0.2) is 0 Å². The topological polar surface area (TPSA) is 84.5 Å². The zero-order valence-electron chi connectivity index (χ0n) is 17.3. The first-order chi connectivity index (χ1) is 15.0. The van der Waals surface area contributed by atoms with Gasteiger partial charge in [0.2, 0.25) is 11.8 Å². The fourth-order valence-electron chi connectivity index (χ4n) is 3.03. The second kappa shape index (κ2) is 10.7. The van der Waals surface area contributed by atoms with Crippen LogP contribution in [0, 0.1) is 5.82 Å². The van der Waals surface area contributed by atoms with E-state index in [2.05, 4.69) is 15.4 Å². The number of carbonyl (C=O) groups is 3. The lowest BCUT2D eigenvalue weighted by Crippen LogP contribution is -2.53. The Kier molecular flexibility index (Phi) is 8.34. The molecular formula is C22H22F4N2O4. The number of esters is 1. The molecule has 0 saturated heterocycles. The average Bonchev–Trinajstić information content (AvgIpc) is 2.73. The van der Waals surface area contributed by atoms with E-state index in [9.17, 15) is 31.9 Å². The maximum absolute atomic E-state index is 13.1. The van der Waals surface area contributed by atoms with Crippen molar-refractivity contribution in [2.24, 2.45) is 0 Å². The molecule has 0 fully saturated rings. The zero-order chi connectivity index (χ0) is 23.9. The molecule has 172 valence electrons. The van der Waals surface area contributed by atoms with Gasteiger partial charge in [-0.1, -0.05) is 30.3 Å². The fraction of sp³-hybridized carbons (Fsp3) is 0.318. The summed E-state index contributed by atoms with van der Waals surface area (Å²) in [5.41, 5.74) is -0.185. The van der Waals surface area contributed by atoms with Crippen molar-refractivity contribution in [2.45, 2.75) is 38.0 Å². The molecule has 0 unspecified atom stereocenters. The third kappa shape index (κ3) is 7.36. The number of methoxy groups -OCH3 is 1. The lowest BCUT2D eigenvalue weighted by atomic mass is 10.0. The Morgan fingerprint density at radius 1 is 0.938 bits per heavy atom. The van der Waals surface area contributed by atoms with E-state index in [0.717, 1.165) is 19.2 Å². The molecule has 0 radical (unpaired) electrons. The summed E-state index contributed by atoms with van der Waals surface area (Å²) in [6.07, 6.45) is -4.82. The van der Waals surface area contributed by atoms with Crippen molar-refractivity contribution in [1.82, 2.24) is 10.6 Å². The first-order valence-corrected chi connectivity index (χ1v) is 9.55. The van der Waals surface area contributed by atoms with Crippen LogP contribution in [0.1, 0.15) is 23.6 Å². The van der Waals surface area contributed by atoms with Gasteiger partial charge in [-0.3, -0.25) is 9.59 Å². The van der Waals surface area contributed by atoms with E-state index in [1.807, 2.05) is 0 Å². The Labute approximate surface area is 181 Å². The van der Waals surface area contributed by atoms with Crippen molar-refractivity contribution < 1.29 is 36.7 Å². The van der Waals surface area contributed by atoms with Gasteiger partial charge in [0.05, 0.1) is 12.7 Å². The Bertz CT molecular complexity index is 961. The Morgan fingerprint density at radius 3 is 2.12 bits per heavy atom. The summed E-state index contributed by atoms with van der Waals surface area (Å²) in [5, 5.41) is 4.88. The third-order valence-electron chi connectivity index (χ3n) is 4.54. The van der Waals surface area contributed by atoms with Crippen molar-refractivity contribution in [2.75, 3.05) is 7.11 Å². The molecule has 2 aromatic rings. The van der Waals surface area contributed by atoms with Gasteiger partial charge in [0.25, 0.3) is 0 Å². The summed E-state index contributed by atoms with van der Waals surface area (Å²) >= 11 is 0. The van der Waals surface area contributed by atoms with Gasteiger partial charge in [-0.05, 0) is 29.3 Å². The SMILES string of the molecule is COC(=O)[C@H](Cc1cccc(C(F)(F)F)c1)NC(=O)[C@H](Cc1ccc(F)cc1)NC(C)=O. The molecule has 2 rings (SSSR count). The lowest BCUT2D eigenvalue weighted by molar-refractivity contribution is -0.145. The minimum atomic E-state index is -4.56. The van der Waals surface area contributed by atoms with Gasteiger partial charge in [0.1, 0.15) is 17.9 Å². The van der Waals surface area contributed by atoms with Crippen LogP contribution in [-0.4, -0.2) is 37.0 Å². The normalized spacial score (nSPS) is 13.1.